The van der Waals surface area contributed by atoms with E-state index < -0.39 is 0 Å². The van der Waals surface area contributed by atoms with E-state index in [1.165, 1.54) is 6.33 Å². The SMILES string of the molecule is CCNC(=NCc1ncnn1C)NC1CCN(c2ncccc2Cl)C1. The molecule has 0 spiro atoms. The van der Waals surface area contributed by atoms with Crippen LogP contribution >= 0.6 is 11.6 Å². The molecule has 25 heavy (non-hydrogen) atoms. The molecule has 0 aliphatic carbocycles. The molecule has 3 heterocycles. The Labute approximate surface area is 152 Å². The Balaban J connectivity index is 1.61. The van der Waals surface area contributed by atoms with Crippen LogP contribution in [0.5, 0.6) is 0 Å². The van der Waals surface area contributed by atoms with Gasteiger partial charge in [-0.15, -0.1) is 0 Å². The van der Waals surface area contributed by atoms with Crippen LogP contribution in [0.3, 0.4) is 0 Å². The summed E-state index contributed by atoms with van der Waals surface area (Å²) in [6, 6.07) is 4.01. The number of hydrogen-bond acceptors (Lipinski definition) is 5. The van der Waals surface area contributed by atoms with Crippen LogP contribution in [0.1, 0.15) is 19.2 Å². The first-order valence-corrected chi connectivity index (χ1v) is 8.78. The first kappa shape index (κ1) is 17.5. The van der Waals surface area contributed by atoms with E-state index in [0.717, 1.165) is 43.7 Å². The second-order valence-corrected chi connectivity index (χ2v) is 6.29. The number of guanidine groups is 1. The van der Waals surface area contributed by atoms with Crippen molar-refractivity contribution in [1.82, 2.24) is 30.4 Å². The van der Waals surface area contributed by atoms with Gasteiger partial charge >= 0.3 is 0 Å². The summed E-state index contributed by atoms with van der Waals surface area (Å²) in [6.07, 6.45) is 4.31. The predicted octanol–water partition coefficient (Wildman–Crippen LogP) is 1.20. The monoisotopic (exact) mass is 362 g/mol. The molecule has 0 bridgehead atoms. The molecule has 1 fully saturated rings. The highest BCUT2D eigenvalue weighted by Crippen LogP contribution is 2.25. The Morgan fingerprint density at radius 1 is 1.44 bits per heavy atom. The number of hydrogen-bond donors (Lipinski definition) is 2. The van der Waals surface area contributed by atoms with Gasteiger partial charge in [-0.25, -0.2) is 15.0 Å². The molecule has 0 radical (unpaired) electrons. The number of aryl methyl sites for hydroxylation is 1. The Kier molecular flexibility index (Phi) is 5.70. The lowest BCUT2D eigenvalue weighted by Gasteiger charge is -2.20. The van der Waals surface area contributed by atoms with Crippen molar-refractivity contribution in [1.29, 1.82) is 0 Å². The van der Waals surface area contributed by atoms with Gasteiger partial charge < -0.3 is 15.5 Å². The minimum atomic E-state index is 0.287. The van der Waals surface area contributed by atoms with Gasteiger partial charge in [0.2, 0.25) is 0 Å². The molecule has 0 aromatic carbocycles. The van der Waals surface area contributed by atoms with Crippen LogP contribution in [0.2, 0.25) is 5.02 Å². The Morgan fingerprint density at radius 2 is 2.32 bits per heavy atom. The second-order valence-electron chi connectivity index (χ2n) is 5.88. The van der Waals surface area contributed by atoms with E-state index in [1.807, 2.05) is 26.1 Å². The lowest BCUT2D eigenvalue weighted by Crippen LogP contribution is -2.44. The van der Waals surface area contributed by atoms with Crippen molar-refractivity contribution in [2.24, 2.45) is 12.0 Å². The third-order valence-electron chi connectivity index (χ3n) is 4.10. The van der Waals surface area contributed by atoms with Crippen LogP contribution in [-0.2, 0) is 13.6 Å². The molecule has 1 saturated heterocycles. The van der Waals surface area contributed by atoms with Crippen LogP contribution in [0.15, 0.2) is 29.6 Å². The largest absolute Gasteiger partial charge is 0.357 e. The third-order valence-corrected chi connectivity index (χ3v) is 4.39. The van der Waals surface area contributed by atoms with Crippen molar-refractivity contribution < 1.29 is 0 Å². The average molecular weight is 363 g/mol. The van der Waals surface area contributed by atoms with E-state index in [-0.39, 0.29) is 6.04 Å². The molecule has 134 valence electrons. The number of nitrogens with one attached hydrogen (secondary N) is 2. The molecular weight excluding hydrogens is 340 g/mol. The molecule has 1 aliphatic rings. The average Bonchev–Trinajstić information content (AvgIpc) is 3.22. The number of aromatic nitrogens is 4. The smallest absolute Gasteiger partial charge is 0.191 e. The maximum absolute atomic E-state index is 6.25. The fourth-order valence-electron chi connectivity index (χ4n) is 2.81. The van der Waals surface area contributed by atoms with Gasteiger partial charge in [-0.05, 0) is 25.5 Å². The van der Waals surface area contributed by atoms with Crippen molar-refractivity contribution >= 4 is 23.4 Å². The van der Waals surface area contributed by atoms with Gasteiger partial charge in [0, 0.05) is 38.9 Å². The van der Waals surface area contributed by atoms with Crippen LogP contribution in [-0.4, -0.2) is 51.4 Å². The number of pyridine rings is 1. The van der Waals surface area contributed by atoms with Gasteiger partial charge in [0.1, 0.15) is 24.5 Å². The summed E-state index contributed by atoms with van der Waals surface area (Å²) in [5.41, 5.74) is 0. The normalized spacial score (nSPS) is 17.8. The van der Waals surface area contributed by atoms with Crippen LogP contribution in [0.4, 0.5) is 5.82 Å². The zero-order valence-corrected chi connectivity index (χ0v) is 15.2. The number of aliphatic imine (C=N–C) groups is 1. The molecule has 3 rings (SSSR count). The molecule has 2 aromatic heterocycles. The van der Waals surface area contributed by atoms with Gasteiger partial charge in [0.05, 0.1) is 5.02 Å². The fourth-order valence-corrected chi connectivity index (χ4v) is 3.05. The molecule has 8 nitrogen and oxygen atoms in total. The van der Waals surface area contributed by atoms with Crippen LogP contribution < -0.4 is 15.5 Å². The minimum absolute atomic E-state index is 0.287. The van der Waals surface area contributed by atoms with E-state index in [9.17, 15) is 0 Å². The molecule has 0 saturated carbocycles. The number of anilines is 1. The van der Waals surface area contributed by atoms with Crippen LogP contribution in [0.25, 0.3) is 0 Å². The minimum Gasteiger partial charge on any atom is -0.357 e. The van der Waals surface area contributed by atoms with Gasteiger partial charge in [0.15, 0.2) is 5.96 Å². The van der Waals surface area contributed by atoms with Gasteiger partial charge in [-0.1, -0.05) is 11.6 Å². The zero-order chi connectivity index (χ0) is 17.6. The molecule has 2 aromatic rings. The summed E-state index contributed by atoms with van der Waals surface area (Å²) in [5.74, 6) is 2.45. The highest BCUT2D eigenvalue weighted by atomic mass is 35.5. The Hall–Kier alpha value is -2.35. The van der Waals surface area contributed by atoms with E-state index in [0.29, 0.717) is 11.6 Å². The van der Waals surface area contributed by atoms with Gasteiger partial charge in [-0.3, -0.25) is 4.68 Å². The number of halogens is 1. The van der Waals surface area contributed by atoms with Crippen molar-refractivity contribution in [2.75, 3.05) is 24.5 Å². The Morgan fingerprint density at radius 3 is 3.04 bits per heavy atom. The zero-order valence-electron chi connectivity index (χ0n) is 14.5. The van der Waals surface area contributed by atoms with E-state index in [2.05, 4.69) is 35.6 Å². The third kappa shape index (κ3) is 4.39. The number of nitrogens with zero attached hydrogens (tertiary/aromatic N) is 6. The topological polar surface area (TPSA) is 83.3 Å². The first-order valence-electron chi connectivity index (χ1n) is 8.40. The van der Waals surface area contributed by atoms with Crippen molar-refractivity contribution in [3.05, 3.63) is 35.5 Å². The van der Waals surface area contributed by atoms with Gasteiger partial charge in [0.25, 0.3) is 0 Å². The maximum atomic E-state index is 6.25. The van der Waals surface area contributed by atoms with Crippen molar-refractivity contribution in [3.63, 3.8) is 0 Å². The standard InChI is InChI=1S/C16H23ClN8/c1-3-18-16(20-9-14-21-11-22-24(14)2)23-12-6-8-25(10-12)15-13(17)5-4-7-19-15/h4-5,7,11-12H,3,6,8-10H2,1-2H3,(H2,18,20,23). The van der Waals surface area contributed by atoms with E-state index in [1.54, 1.807) is 10.9 Å². The van der Waals surface area contributed by atoms with Crippen molar-refractivity contribution in [3.8, 4) is 0 Å². The molecule has 1 aliphatic heterocycles. The van der Waals surface area contributed by atoms with Crippen molar-refractivity contribution in [2.45, 2.75) is 25.9 Å². The summed E-state index contributed by atoms with van der Waals surface area (Å²) in [5, 5.41) is 11.5. The maximum Gasteiger partial charge on any atom is 0.191 e. The second kappa shape index (κ2) is 8.15. The van der Waals surface area contributed by atoms with Crippen LogP contribution in [0, 0.1) is 0 Å². The number of rotatable bonds is 5. The summed E-state index contributed by atoms with van der Waals surface area (Å²) < 4.78 is 1.73. The molecule has 9 heteroatoms. The summed E-state index contributed by atoms with van der Waals surface area (Å²) >= 11 is 6.25. The highest BCUT2D eigenvalue weighted by molar-refractivity contribution is 6.32. The van der Waals surface area contributed by atoms with Gasteiger partial charge in [-0.2, -0.15) is 5.10 Å². The van der Waals surface area contributed by atoms with E-state index >= 15 is 0 Å². The Bertz CT molecular complexity index is 728. The summed E-state index contributed by atoms with van der Waals surface area (Å²) in [6.45, 7) is 5.08. The quantitative estimate of drug-likeness (QED) is 0.614. The molecular formula is C16H23ClN8. The fraction of sp³-hybridized carbons (Fsp3) is 0.500. The molecule has 1 unspecified atom stereocenters. The lowest BCUT2D eigenvalue weighted by molar-refractivity contribution is 0.644. The van der Waals surface area contributed by atoms with E-state index in [4.69, 9.17) is 11.6 Å². The molecule has 0 amide bonds. The summed E-state index contributed by atoms with van der Waals surface area (Å²) in [7, 11) is 1.86. The predicted molar refractivity (Wildman–Crippen MR) is 98.8 cm³/mol. The molecule has 1 atom stereocenters. The lowest BCUT2D eigenvalue weighted by atomic mass is 10.3. The summed E-state index contributed by atoms with van der Waals surface area (Å²) in [4.78, 5) is 15.4. The first-order chi connectivity index (χ1) is 12.2. The highest BCUT2D eigenvalue weighted by Gasteiger charge is 2.25. The molecule has 2 N–H and O–H groups in total.